The third-order valence-electron chi connectivity index (χ3n) is 4.47. The number of carbonyl (C=O) groups excluding carboxylic acids is 2. The zero-order valence-corrected chi connectivity index (χ0v) is 17.7. The standard InChI is InChI=1S/C22H28N2O5/c1-22(2,3)16-10-7-14(8-11-16)21(26)24-23-18(25)13-15-9-12-17(27-4)20(29-6)19(15)28-5/h7-12H,13H2,1-6H3,(H,23,25)(H,24,26). The Kier molecular flexibility index (Phi) is 7.09. The van der Waals surface area contributed by atoms with Gasteiger partial charge in [-0.25, -0.2) is 0 Å². The molecule has 0 saturated carbocycles. The second-order valence-electron chi connectivity index (χ2n) is 7.50. The number of hydrogen-bond acceptors (Lipinski definition) is 5. The number of methoxy groups -OCH3 is 3. The predicted octanol–water partition coefficient (Wildman–Crippen LogP) is 3.01. The molecule has 156 valence electrons. The summed E-state index contributed by atoms with van der Waals surface area (Å²) in [6, 6.07) is 10.7. The van der Waals surface area contributed by atoms with Gasteiger partial charge in [-0.05, 0) is 29.2 Å². The van der Waals surface area contributed by atoms with E-state index in [1.165, 1.54) is 21.3 Å². The van der Waals surface area contributed by atoms with E-state index >= 15 is 0 Å². The molecular formula is C22H28N2O5. The number of rotatable bonds is 6. The largest absolute Gasteiger partial charge is 0.493 e. The van der Waals surface area contributed by atoms with Crippen molar-refractivity contribution in [2.75, 3.05) is 21.3 Å². The van der Waals surface area contributed by atoms with E-state index in [-0.39, 0.29) is 11.8 Å². The van der Waals surface area contributed by atoms with Gasteiger partial charge < -0.3 is 14.2 Å². The Labute approximate surface area is 171 Å². The highest BCUT2D eigenvalue weighted by Crippen LogP contribution is 2.39. The van der Waals surface area contributed by atoms with Crippen LogP contribution in [0.3, 0.4) is 0 Å². The molecule has 0 bridgehead atoms. The molecule has 0 spiro atoms. The van der Waals surface area contributed by atoms with Gasteiger partial charge >= 0.3 is 0 Å². The van der Waals surface area contributed by atoms with Gasteiger partial charge in [-0.2, -0.15) is 0 Å². The van der Waals surface area contributed by atoms with Crippen molar-refractivity contribution in [3.05, 3.63) is 53.1 Å². The van der Waals surface area contributed by atoms with Gasteiger partial charge in [0, 0.05) is 11.1 Å². The summed E-state index contributed by atoms with van der Waals surface area (Å²) >= 11 is 0. The first-order valence-electron chi connectivity index (χ1n) is 9.18. The molecule has 2 rings (SSSR count). The fourth-order valence-corrected chi connectivity index (χ4v) is 2.84. The van der Waals surface area contributed by atoms with Gasteiger partial charge in [0.25, 0.3) is 5.91 Å². The Morgan fingerprint density at radius 2 is 1.45 bits per heavy atom. The summed E-state index contributed by atoms with van der Waals surface area (Å²) in [7, 11) is 4.50. The van der Waals surface area contributed by atoms with Crippen molar-refractivity contribution in [2.24, 2.45) is 0 Å². The van der Waals surface area contributed by atoms with Crippen molar-refractivity contribution in [1.29, 1.82) is 0 Å². The van der Waals surface area contributed by atoms with Gasteiger partial charge in [0.05, 0.1) is 27.8 Å². The van der Waals surface area contributed by atoms with Crippen LogP contribution in [0.1, 0.15) is 42.3 Å². The van der Waals surface area contributed by atoms with Gasteiger partial charge in [0.2, 0.25) is 11.7 Å². The van der Waals surface area contributed by atoms with E-state index in [0.717, 1.165) is 5.56 Å². The van der Waals surface area contributed by atoms with Crippen LogP contribution in [0.5, 0.6) is 17.2 Å². The van der Waals surface area contributed by atoms with Crippen molar-refractivity contribution < 1.29 is 23.8 Å². The van der Waals surface area contributed by atoms with E-state index in [1.807, 2.05) is 12.1 Å². The highest BCUT2D eigenvalue weighted by molar-refractivity contribution is 5.95. The first-order chi connectivity index (χ1) is 13.7. The molecule has 0 heterocycles. The summed E-state index contributed by atoms with van der Waals surface area (Å²) in [4.78, 5) is 24.6. The summed E-state index contributed by atoms with van der Waals surface area (Å²) in [5, 5.41) is 0. The summed E-state index contributed by atoms with van der Waals surface area (Å²) < 4.78 is 15.9. The van der Waals surface area contributed by atoms with Crippen LogP contribution < -0.4 is 25.1 Å². The maximum Gasteiger partial charge on any atom is 0.269 e. The molecule has 0 unspecified atom stereocenters. The van der Waals surface area contributed by atoms with Crippen LogP contribution >= 0.6 is 0 Å². The quantitative estimate of drug-likeness (QED) is 0.728. The highest BCUT2D eigenvalue weighted by atomic mass is 16.5. The maximum atomic E-state index is 12.3. The van der Waals surface area contributed by atoms with Gasteiger partial charge in [0.15, 0.2) is 11.5 Å². The summed E-state index contributed by atoms with van der Waals surface area (Å²) in [5.41, 5.74) is 7.04. The number of benzene rings is 2. The summed E-state index contributed by atoms with van der Waals surface area (Å²) in [6.07, 6.45) is -0.00717. The highest BCUT2D eigenvalue weighted by Gasteiger charge is 2.18. The van der Waals surface area contributed by atoms with Crippen molar-refractivity contribution in [1.82, 2.24) is 10.9 Å². The molecule has 0 atom stereocenters. The van der Waals surface area contributed by atoms with E-state index in [2.05, 4.69) is 31.6 Å². The Bertz CT molecular complexity index is 870. The van der Waals surface area contributed by atoms with Crippen molar-refractivity contribution in [3.8, 4) is 17.2 Å². The lowest BCUT2D eigenvalue weighted by molar-refractivity contribution is -0.121. The first kappa shape index (κ1) is 22.1. The summed E-state index contributed by atoms with van der Waals surface area (Å²) in [6.45, 7) is 6.31. The van der Waals surface area contributed by atoms with Crippen molar-refractivity contribution in [2.45, 2.75) is 32.6 Å². The monoisotopic (exact) mass is 400 g/mol. The first-order valence-corrected chi connectivity index (χ1v) is 9.18. The van der Waals surface area contributed by atoms with Crippen LogP contribution in [0, 0.1) is 0 Å². The molecule has 0 aliphatic rings. The summed E-state index contributed by atoms with van der Waals surface area (Å²) in [5.74, 6) is 0.531. The fourth-order valence-electron chi connectivity index (χ4n) is 2.84. The van der Waals surface area contributed by atoms with Crippen LogP contribution in [-0.4, -0.2) is 33.1 Å². The van der Waals surface area contributed by atoms with Crippen LogP contribution in [0.15, 0.2) is 36.4 Å². The lowest BCUT2D eigenvalue weighted by Gasteiger charge is -2.19. The number of ether oxygens (including phenoxy) is 3. The Balaban J connectivity index is 2.02. The molecular weight excluding hydrogens is 372 g/mol. The zero-order chi connectivity index (χ0) is 21.6. The minimum atomic E-state index is -0.393. The molecule has 0 saturated heterocycles. The molecule has 0 aromatic heterocycles. The Morgan fingerprint density at radius 3 is 1.97 bits per heavy atom. The van der Waals surface area contributed by atoms with Crippen LogP contribution in [0.2, 0.25) is 0 Å². The van der Waals surface area contributed by atoms with Gasteiger partial charge in [-0.1, -0.05) is 39.0 Å². The molecule has 0 fully saturated rings. The topological polar surface area (TPSA) is 85.9 Å². The van der Waals surface area contributed by atoms with Crippen LogP contribution in [0.25, 0.3) is 0 Å². The molecule has 7 heteroatoms. The minimum Gasteiger partial charge on any atom is -0.493 e. The third kappa shape index (κ3) is 5.40. The average Bonchev–Trinajstić information content (AvgIpc) is 2.70. The number of carbonyl (C=O) groups is 2. The zero-order valence-electron chi connectivity index (χ0n) is 17.7. The normalized spacial score (nSPS) is 10.8. The van der Waals surface area contributed by atoms with E-state index in [4.69, 9.17) is 14.2 Å². The molecule has 2 amide bonds. The van der Waals surface area contributed by atoms with Gasteiger partial charge in [-0.15, -0.1) is 0 Å². The average molecular weight is 400 g/mol. The fraction of sp³-hybridized carbons (Fsp3) is 0.364. The second-order valence-corrected chi connectivity index (χ2v) is 7.50. The molecule has 2 aromatic carbocycles. The predicted molar refractivity (Wildman–Crippen MR) is 111 cm³/mol. The van der Waals surface area contributed by atoms with Crippen LogP contribution in [0.4, 0.5) is 0 Å². The van der Waals surface area contributed by atoms with Crippen molar-refractivity contribution >= 4 is 11.8 Å². The third-order valence-corrected chi connectivity index (χ3v) is 4.47. The SMILES string of the molecule is COc1ccc(CC(=O)NNC(=O)c2ccc(C(C)(C)C)cc2)c(OC)c1OC. The Morgan fingerprint density at radius 1 is 0.828 bits per heavy atom. The maximum absolute atomic E-state index is 12.3. The van der Waals surface area contributed by atoms with Gasteiger partial charge in [-0.3, -0.25) is 20.4 Å². The van der Waals surface area contributed by atoms with Crippen LogP contribution in [-0.2, 0) is 16.6 Å². The van der Waals surface area contributed by atoms with E-state index in [9.17, 15) is 9.59 Å². The molecule has 0 radical (unpaired) electrons. The Hall–Kier alpha value is -3.22. The lowest BCUT2D eigenvalue weighted by atomic mass is 9.87. The minimum absolute atomic E-state index is 0.00169. The lowest BCUT2D eigenvalue weighted by Crippen LogP contribution is -2.42. The molecule has 0 aliphatic heterocycles. The molecule has 0 aliphatic carbocycles. The number of hydrogen-bond donors (Lipinski definition) is 2. The number of nitrogens with one attached hydrogen (secondary N) is 2. The van der Waals surface area contributed by atoms with E-state index < -0.39 is 11.8 Å². The molecule has 2 aromatic rings. The molecule has 29 heavy (non-hydrogen) atoms. The van der Waals surface area contributed by atoms with E-state index in [1.54, 1.807) is 24.3 Å². The number of amides is 2. The van der Waals surface area contributed by atoms with Crippen molar-refractivity contribution in [3.63, 3.8) is 0 Å². The van der Waals surface area contributed by atoms with E-state index in [0.29, 0.717) is 28.4 Å². The molecule has 7 nitrogen and oxygen atoms in total. The van der Waals surface area contributed by atoms with Gasteiger partial charge in [0.1, 0.15) is 0 Å². The molecule has 2 N–H and O–H groups in total. The smallest absolute Gasteiger partial charge is 0.269 e. The number of hydrazine groups is 1. The second kappa shape index (κ2) is 9.32.